The molecular weight excluding hydrogens is 653 g/mol. The lowest BCUT2D eigenvalue weighted by Gasteiger charge is -2.42. The number of ketones is 1. The summed E-state index contributed by atoms with van der Waals surface area (Å²) in [6.45, 7) is 6.79. The number of amides is 2. The van der Waals surface area contributed by atoms with Gasteiger partial charge in [-0.2, -0.15) is 5.10 Å². The van der Waals surface area contributed by atoms with E-state index in [1.165, 1.54) is 0 Å². The van der Waals surface area contributed by atoms with Gasteiger partial charge in [-0.25, -0.2) is 0 Å². The number of likely N-dealkylation sites (tertiary alicyclic amines) is 3. The maximum absolute atomic E-state index is 14.4. The van der Waals surface area contributed by atoms with E-state index in [1.54, 1.807) is 6.33 Å². The Labute approximate surface area is 305 Å². The number of H-pyrrole nitrogens is 1. The van der Waals surface area contributed by atoms with E-state index in [0.29, 0.717) is 37.9 Å². The molecule has 5 heterocycles. The Morgan fingerprint density at radius 1 is 0.923 bits per heavy atom. The number of piperidine rings is 3. The summed E-state index contributed by atoms with van der Waals surface area (Å²) in [4.78, 5) is 48.0. The number of rotatable bonds is 8. The second kappa shape index (κ2) is 14.8. The van der Waals surface area contributed by atoms with E-state index >= 15 is 0 Å². The summed E-state index contributed by atoms with van der Waals surface area (Å²) in [7, 11) is 2.02. The minimum atomic E-state index is -0.438. The second-order valence-corrected chi connectivity index (χ2v) is 15.6. The van der Waals surface area contributed by atoms with Crippen molar-refractivity contribution in [2.45, 2.75) is 76.7 Å². The average molecular weight is 703 g/mol. The van der Waals surface area contributed by atoms with Crippen LogP contribution in [0.3, 0.4) is 0 Å². The highest BCUT2D eigenvalue weighted by Crippen LogP contribution is 2.34. The van der Waals surface area contributed by atoms with E-state index in [1.807, 2.05) is 45.8 Å². The van der Waals surface area contributed by atoms with Crippen LogP contribution in [0.1, 0.15) is 78.9 Å². The third kappa shape index (κ3) is 7.07. The Bertz CT molecular complexity index is 1970. The van der Waals surface area contributed by atoms with Crippen LogP contribution in [0.5, 0.6) is 0 Å². The highest BCUT2D eigenvalue weighted by molar-refractivity contribution is 6.04. The molecule has 1 aliphatic carbocycles. The van der Waals surface area contributed by atoms with Crippen LogP contribution in [0, 0.1) is 18.8 Å². The van der Waals surface area contributed by atoms with Gasteiger partial charge in [0.05, 0.1) is 17.6 Å². The molecule has 2 aromatic carbocycles. The third-order valence-electron chi connectivity index (χ3n) is 12.3. The lowest BCUT2D eigenvalue weighted by atomic mass is 9.80. The zero-order valence-corrected chi connectivity index (χ0v) is 30.5. The minimum Gasteiger partial charge on any atom is -0.343 e. The van der Waals surface area contributed by atoms with E-state index in [0.717, 1.165) is 109 Å². The molecule has 2 amide bonds. The zero-order valence-electron chi connectivity index (χ0n) is 30.5. The molecule has 4 aliphatic rings. The molecule has 1 N–H and O–H groups in total. The van der Waals surface area contributed by atoms with Gasteiger partial charge < -0.3 is 19.3 Å². The number of benzene rings is 2. The fraction of sp³-hybridized carbons (Fsp3) is 0.512. The molecule has 272 valence electrons. The maximum atomic E-state index is 14.4. The Morgan fingerprint density at radius 2 is 1.65 bits per heavy atom. The molecule has 52 heavy (non-hydrogen) atoms. The summed E-state index contributed by atoms with van der Waals surface area (Å²) in [5.41, 5.74) is 6.27. The molecule has 3 saturated heterocycles. The summed E-state index contributed by atoms with van der Waals surface area (Å²) in [6, 6.07) is 12.8. The van der Waals surface area contributed by atoms with Gasteiger partial charge in [0.1, 0.15) is 12.2 Å². The van der Waals surface area contributed by atoms with E-state index in [9.17, 15) is 14.4 Å². The molecule has 8 rings (SSSR count). The summed E-state index contributed by atoms with van der Waals surface area (Å²) < 4.78 is 2.04. The monoisotopic (exact) mass is 702 g/mol. The third-order valence-corrected chi connectivity index (χ3v) is 12.3. The first kappa shape index (κ1) is 34.4. The molecular formula is C41H50N8O3. The first-order valence-electron chi connectivity index (χ1n) is 19.2. The number of aryl methyl sites for hydroxylation is 2. The predicted molar refractivity (Wildman–Crippen MR) is 199 cm³/mol. The van der Waals surface area contributed by atoms with Crippen molar-refractivity contribution in [3.8, 4) is 0 Å². The van der Waals surface area contributed by atoms with Crippen LogP contribution >= 0.6 is 0 Å². The topological polar surface area (TPSA) is 120 Å². The summed E-state index contributed by atoms with van der Waals surface area (Å²) >= 11 is 0. The zero-order chi connectivity index (χ0) is 35.8. The Morgan fingerprint density at radius 3 is 2.40 bits per heavy atom. The largest absolute Gasteiger partial charge is 0.343 e. The van der Waals surface area contributed by atoms with Crippen LogP contribution < -0.4 is 0 Å². The van der Waals surface area contributed by atoms with Gasteiger partial charge in [0.25, 0.3) is 0 Å². The number of aromatic nitrogens is 5. The molecule has 0 unspecified atom stereocenters. The van der Waals surface area contributed by atoms with E-state index in [2.05, 4.69) is 56.5 Å². The fourth-order valence-corrected chi connectivity index (χ4v) is 9.34. The van der Waals surface area contributed by atoms with Crippen molar-refractivity contribution in [3.05, 3.63) is 82.6 Å². The molecule has 2 aromatic heterocycles. The van der Waals surface area contributed by atoms with Crippen LogP contribution in [-0.4, -0.2) is 103 Å². The maximum Gasteiger partial charge on any atom is 0.226 e. The summed E-state index contributed by atoms with van der Waals surface area (Å²) in [6.07, 6.45) is 12.4. The Hall–Kier alpha value is -4.64. The average Bonchev–Trinajstić information content (AvgIpc) is 3.83. The number of nitrogens with zero attached hydrogens (tertiary/aromatic N) is 7. The van der Waals surface area contributed by atoms with Gasteiger partial charge in [-0.15, -0.1) is 10.2 Å². The van der Waals surface area contributed by atoms with Crippen LogP contribution in [0.4, 0.5) is 0 Å². The lowest BCUT2D eigenvalue weighted by molar-refractivity contribution is -0.143. The quantitative estimate of drug-likeness (QED) is 0.278. The van der Waals surface area contributed by atoms with Crippen molar-refractivity contribution < 1.29 is 14.4 Å². The van der Waals surface area contributed by atoms with Gasteiger partial charge >= 0.3 is 0 Å². The van der Waals surface area contributed by atoms with Crippen molar-refractivity contribution in [1.29, 1.82) is 0 Å². The van der Waals surface area contributed by atoms with Crippen molar-refractivity contribution in [2.75, 3.05) is 39.3 Å². The predicted octanol–water partition coefficient (Wildman–Crippen LogP) is 4.87. The molecule has 1 atom stereocenters. The Kier molecular flexibility index (Phi) is 9.78. The highest BCUT2D eigenvalue weighted by atomic mass is 16.2. The van der Waals surface area contributed by atoms with E-state index in [4.69, 9.17) is 0 Å². The van der Waals surface area contributed by atoms with Crippen molar-refractivity contribution in [1.82, 2.24) is 39.7 Å². The first-order chi connectivity index (χ1) is 25.3. The fourth-order valence-electron chi connectivity index (χ4n) is 9.34. The molecule has 3 fully saturated rings. The normalized spacial score (nSPS) is 20.3. The van der Waals surface area contributed by atoms with E-state index in [-0.39, 0.29) is 29.9 Å². The first-order valence-corrected chi connectivity index (χ1v) is 19.2. The number of carbonyl (C=O) groups excluding carboxylic acids is 3. The number of carbonyl (C=O) groups is 3. The molecule has 0 radical (unpaired) electrons. The van der Waals surface area contributed by atoms with Gasteiger partial charge in [0.2, 0.25) is 11.8 Å². The number of nitrogens with one attached hydrogen (secondary N) is 1. The van der Waals surface area contributed by atoms with Gasteiger partial charge in [-0.05, 0) is 111 Å². The van der Waals surface area contributed by atoms with Gasteiger partial charge in [-0.3, -0.25) is 19.5 Å². The van der Waals surface area contributed by atoms with Gasteiger partial charge in [0, 0.05) is 63.4 Å². The molecule has 0 saturated carbocycles. The highest BCUT2D eigenvalue weighted by Gasteiger charge is 2.36. The number of hydrogen-bond donors (Lipinski definition) is 1. The van der Waals surface area contributed by atoms with Crippen LogP contribution in [0.2, 0.25) is 0 Å². The minimum absolute atomic E-state index is 0.0351. The number of aromatic amines is 1. The molecule has 0 spiro atoms. The number of hydrogen-bond acceptors (Lipinski definition) is 7. The smallest absolute Gasteiger partial charge is 0.226 e. The lowest BCUT2D eigenvalue weighted by Crippen LogP contribution is -2.50. The standard InChI is InChI=1S/C41H50N8O3/c1-27-19-28(21-34-25-42-44-39(27)34)20-33(24-38(51)48-15-7-29(8-16-48)36-22-31-5-3-4-6-32(31)23-37(36)50)41(52)49-17-11-35(12-18-49)47-13-9-30(10-14-47)40-45-43-26-46(40)2/h3-6,19,21-22,25-26,29-30,33,35H,7-18,20,23-24H2,1-2H3,(H,42,44)/t33-/m0/s1. The Balaban J connectivity index is 0.911. The molecule has 11 heteroatoms. The summed E-state index contributed by atoms with van der Waals surface area (Å²) in [5.74, 6) is 1.57. The molecule has 0 bridgehead atoms. The van der Waals surface area contributed by atoms with Gasteiger partial charge in [0.15, 0.2) is 5.78 Å². The molecule has 11 nitrogen and oxygen atoms in total. The summed E-state index contributed by atoms with van der Waals surface area (Å²) in [5, 5.41) is 16.8. The van der Waals surface area contributed by atoms with Gasteiger partial charge in [-0.1, -0.05) is 30.3 Å². The molecule has 3 aliphatic heterocycles. The molecule has 4 aromatic rings. The van der Waals surface area contributed by atoms with E-state index < -0.39 is 5.92 Å². The second-order valence-electron chi connectivity index (χ2n) is 15.6. The van der Waals surface area contributed by atoms with Crippen molar-refractivity contribution >= 4 is 34.6 Å². The number of allylic oxidation sites excluding steroid dienone is 1. The SMILES string of the molecule is Cc1cc(C[C@@H](CC(=O)N2CCC(C3=Cc4ccccc4CC3=O)CC2)C(=O)N2CCC(N3CCC(c4nncn4C)CC3)CC2)cc2cn[nH]c12. The van der Waals surface area contributed by atoms with Crippen LogP contribution in [0.15, 0.2) is 54.5 Å². The van der Waals surface area contributed by atoms with Crippen molar-refractivity contribution in [3.63, 3.8) is 0 Å². The number of fused-ring (bicyclic) bond motifs is 2. The van der Waals surface area contributed by atoms with Crippen molar-refractivity contribution in [2.24, 2.45) is 18.9 Å². The number of Topliss-reactive ketones (excluding diaryl/α,β-unsaturated/α-hetero) is 1. The van der Waals surface area contributed by atoms with Crippen LogP contribution in [0.25, 0.3) is 17.0 Å². The van der Waals surface area contributed by atoms with Crippen LogP contribution in [-0.2, 0) is 34.3 Å².